The number of nitrogens with zero attached hydrogens (tertiary/aromatic N) is 4. The summed E-state index contributed by atoms with van der Waals surface area (Å²) in [6.45, 7) is 5.26. The summed E-state index contributed by atoms with van der Waals surface area (Å²) in [7, 11) is 0. The van der Waals surface area contributed by atoms with Crippen molar-refractivity contribution in [3.05, 3.63) is 58.3 Å². The summed E-state index contributed by atoms with van der Waals surface area (Å²) in [5.74, 6) is -4.03. The number of ether oxygens (including phenoxy) is 1. The number of benzene rings is 1. The molecule has 164 valence electrons. The van der Waals surface area contributed by atoms with Crippen LogP contribution in [-0.2, 0) is 4.74 Å². The number of allylic oxidation sites excluding steroid dienone is 2. The second-order valence-electron chi connectivity index (χ2n) is 8.73. The first-order valence-corrected chi connectivity index (χ1v) is 9.85. The Labute approximate surface area is 184 Å². The van der Waals surface area contributed by atoms with Crippen LogP contribution in [0.1, 0.15) is 32.3 Å². The molecule has 2 N–H and O–H groups in total. The molecule has 2 aliphatic rings. The largest absolute Gasteiger partial charge is 0.444 e. The van der Waals surface area contributed by atoms with Crippen LogP contribution in [0.15, 0.2) is 41.1 Å². The average molecular weight is 437 g/mol. The van der Waals surface area contributed by atoms with Crippen molar-refractivity contribution < 1.29 is 18.3 Å². The number of hydrogen-bond donors (Lipinski definition) is 1. The van der Waals surface area contributed by atoms with Crippen LogP contribution in [-0.4, -0.2) is 29.7 Å². The Kier molecular flexibility index (Phi) is 5.68. The number of fused-ring (bicyclic) bond motifs is 1. The number of amides is 1. The van der Waals surface area contributed by atoms with Crippen molar-refractivity contribution in [1.82, 2.24) is 4.90 Å². The summed E-state index contributed by atoms with van der Waals surface area (Å²) in [5.41, 5.74) is 3.76. The van der Waals surface area contributed by atoms with Gasteiger partial charge in [-0.2, -0.15) is 15.8 Å². The van der Waals surface area contributed by atoms with Gasteiger partial charge in [-0.25, -0.2) is 13.6 Å². The topological polar surface area (TPSA) is 127 Å². The molecule has 0 radical (unpaired) electrons. The van der Waals surface area contributed by atoms with Gasteiger partial charge >= 0.3 is 6.09 Å². The third kappa shape index (κ3) is 3.65. The summed E-state index contributed by atoms with van der Waals surface area (Å²) in [4.78, 5) is 14.1. The second kappa shape index (κ2) is 7.98. The van der Waals surface area contributed by atoms with Gasteiger partial charge in [-0.15, -0.1) is 0 Å². The Morgan fingerprint density at radius 3 is 2.41 bits per heavy atom. The number of carbonyl (C=O) groups excluding carboxylic acids is 1. The van der Waals surface area contributed by atoms with Gasteiger partial charge in [0.15, 0.2) is 17.0 Å². The zero-order valence-corrected chi connectivity index (χ0v) is 17.8. The zero-order valence-electron chi connectivity index (χ0n) is 17.8. The molecule has 2 unspecified atom stereocenters. The molecule has 0 spiro atoms. The number of carbonyl (C=O) groups is 1. The molecule has 9 heteroatoms. The monoisotopic (exact) mass is 437 g/mol. The maximum atomic E-state index is 14.1. The molecule has 0 bridgehead atoms. The lowest BCUT2D eigenvalue weighted by Gasteiger charge is -2.45. The lowest BCUT2D eigenvalue weighted by atomic mass is 9.58. The molecule has 1 heterocycles. The first-order valence-electron chi connectivity index (χ1n) is 9.85. The Bertz CT molecular complexity index is 1150. The minimum absolute atomic E-state index is 0.00597. The molecule has 2 atom stereocenters. The Hall–Kier alpha value is -3.90. The van der Waals surface area contributed by atoms with Gasteiger partial charge in [-0.05, 0) is 44.0 Å². The number of nitrogens with two attached hydrogens (primary N) is 1. The summed E-state index contributed by atoms with van der Waals surface area (Å²) in [6.07, 6.45) is 1.01. The van der Waals surface area contributed by atoms with Gasteiger partial charge in [0.2, 0.25) is 0 Å². The molecule has 1 aliphatic heterocycles. The van der Waals surface area contributed by atoms with Crippen molar-refractivity contribution in [2.45, 2.75) is 32.3 Å². The first kappa shape index (κ1) is 22.8. The Balaban J connectivity index is 2.21. The predicted octanol–water partition coefficient (Wildman–Crippen LogP) is 3.63. The van der Waals surface area contributed by atoms with Crippen LogP contribution >= 0.6 is 0 Å². The lowest BCUT2D eigenvalue weighted by molar-refractivity contribution is 0.0224. The fourth-order valence-electron chi connectivity index (χ4n) is 4.24. The van der Waals surface area contributed by atoms with Gasteiger partial charge < -0.3 is 15.4 Å². The fourth-order valence-corrected chi connectivity index (χ4v) is 4.24. The standard InChI is InChI=1S/C23H21F2N5O2/c1-22(2,3)32-21(31)30-7-6-14-15(9-26)20(29)23(11-27,12-28)19(16(14)10-30)13-4-5-17(24)18(25)8-13/h4-6,8,16,19H,7,10,29H2,1-3H3. The molecular weight excluding hydrogens is 416 g/mol. The van der Waals surface area contributed by atoms with Gasteiger partial charge in [-0.1, -0.05) is 12.1 Å². The van der Waals surface area contributed by atoms with Crippen LogP contribution in [0.2, 0.25) is 0 Å². The fraction of sp³-hybridized carbons (Fsp3) is 0.391. The second-order valence-corrected chi connectivity index (χ2v) is 8.73. The van der Waals surface area contributed by atoms with Crippen LogP contribution in [0, 0.1) is 57.0 Å². The molecule has 3 rings (SSSR count). The van der Waals surface area contributed by atoms with E-state index in [-0.39, 0.29) is 29.9 Å². The SMILES string of the molecule is CC(C)(C)OC(=O)N1CC=C2C(C#N)=C(N)C(C#N)(C#N)C(c3ccc(F)c(F)c3)C2C1. The number of hydrogen-bond acceptors (Lipinski definition) is 6. The third-order valence-corrected chi connectivity index (χ3v) is 5.62. The molecule has 0 saturated heterocycles. The van der Waals surface area contributed by atoms with E-state index >= 15 is 0 Å². The van der Waals surface area contributed by atoms with E-state index in [1.165, 1.54) is 11.0 Å². The van der Waals surface area contributed by atoms with Crippen LogP contribution in [0.3, 0.4) is 0 Å². The molecule has 0 fully saturated rings. The van der Waals surface area contributed by atoms with Crippen LogP contribution in [0.5, 0.6) is 0 Å². The van der Waals surface area contributed by atoms with Crippen molar-refractivity contribution in [3.63, 3.8) is 0 Å². The van der Waals surface area contributed by atoms with E-state index in [9.17, 15) is 29.4 Å². The molecule has 1 aromatic carbocycles. The highest BCUT2D eigenvalue weighted by atomic mass is 19.2. The van der Waals surface area contributed by atoms with E-state index < -0.39 is 40.6 Å². The Morgan fingerprint density at radius 1 is 1.22 bits per heavy atom. The van der Waals surface area contributed by atoms with Crippen molar-refractivity contribution in [2.24, 2.45) is 17.1 Å². The zero-order chi connectivity index (χ0) is 23.8. The minimum Gasteiger partial charge on any atom is -0.444 e. The van der Waals surface area contributed by atoms with Gasteiger partial charge in [-0.3, -0.25) is 0 Å². The highest BCUT2D eigenvalue weighted by Crippen LogP contribution is 2.54. The summed E-state index contributed by atoms with van der Waals surface area (Å²) < 4.78 is 33.2. The molecule has 0 saturated carbocycles. The van der Waals surface area contributed by atoms with E-state index in [1.54, 1.807) is 26.8 Å². The summed E-state index contributed by atoms with van der Waals surface area (Å²) >= 11 is 0. The predicted molar refractivity (Wildman–Crippen MR) is 109 cm³/mol. The van der Waals surface area contributed by atoms with Crippen LogP contribution in [0.4, 0.5) is 13.6 Å². The van der Waals surface area contributed by atoms with Crippen molar-refractivity contribution in [2.75, 3.05) is 13.1 Å². The smallest absolute Gasteiger partial charge is 0.410 e. The van der Waals surface area contributed by atoms with Gasteiger partial charge in [0, 0.05) is 24.9 Å². The van der Waals surface area contributed by atoms with Crippen molar-refractivity contribution >= 4 is 6.09 Å². The number of nitriles is 3. The average Bonchev–Trinajstić information content (AvgIpc) is 2.73. The molecule has 0 aromatic heterocycles. The van der Waals surface area contributed by atoms with Crippen molar-refractivity contribution in [1.29, 1.82) is 15.8 Å². The molecular formula is C23H21F2N5O2. The van der Waals surface area contributed by atoms with Crippen LogP contribution < -0.4 is 5.73 Å². The maximum absolute atomic E-state index is 14.1. The van der Waals surface area contributed by atoms with Gasteiger partial charge in [0.05, 0.1) is 23.4 Å². The summed E-state index contributed by atoms with van der Waals surface area (Å²) in [5, 5.41) is 29.7. The minimum atomic E-state index is -2.02. The molecule has 1 aromatic rings. The maximum Gasteiger partial charge on any atom is 0.410 e. The first-order chi connectivity index (χ1) is 15.0. The number of halogens is 2. The normalized spacial score (nSPS) is 22.1. The van der Waals surface area contributed by atoms with Gasteiger partial charge in [0.1, 0.15) is 11.7 Å². The lowest BCUT2D eigenvalue weighted by Crippen LogP contribution is -2.50. The van der Waals surface area contributed by atoms with Crippen LogP contribution in [0.25, 0.3) is 0 Å². The Morgan fingerprint density at radius 2 is 1.88 bits per heavy atom. The molecule has 7 nitrogen and oxygen atoms in total. The quantitative estimate of drug-likeness (QED) is 0.715. The summed E-state index contributed by atoms with van der Waals surface area (Å²) in [6, 6.07) is 8.88. The number of rotatable bonds is 1. The molecule has 32 heavy (non-hydrogen) atoms. The van der Waals surface area contributed by atoms with E-state index in [4.69, 9.17) is 10.5 Å². The third-order valence-electron chi connectivity index (χ3n) is 5.62. The highest BCUT2D eigenvalue weighted by molar-refractivity contribution is 5.70. The van der Waals surface area contributed by atoms with E-state index in [2.05, 4.69) is 0 Å². The van der Waals surface area contributed by atoms with Gasteiger partial charge in [0.25, 0.3) is 0 Å². The van der Waals surface area contributed by atoms with E-state index in [0.717, 1.165) is 12.1 Å². The molecule has 1 aliphatic carbocycles. The van der Waals surface area contributed by atoms with E-state index in [0.29, 0.717) is 5.57 Å². The highest BCUT2D eigenvalue weighted by Gasteiger charge is 2.55. The van der Waals surface area contributed by atoms with Crippen molar-refractivity contribution in [3.8, 4) is 18.2 Å². The van der Waals surface area contributed by atoms with E-state index in [1.807, 2.05) is 18.2 Å². The molecule has 1 amide bonds.